The Labute approximate surface area is 129 Å². The molecule has 1 aliphatic heterocycles. The highest BCUT2D eigenvalue weighted by atomic mass is 35.5. The standard InChI is InChI=1S/C13H17Cl2NO3S/c1-9-12(5-6-19-9)16(2)20(17,18)13-7-10(8-14)3-4-11(13)15/h3-4,7,9,12H,5-6,8H2,1-2H3. The minimum absolute atomic E-state index is 0.0962. The van der Waals surface area contributed by atoms with Gasteiger partial charge in [0.05, 0.1) is 17.2 Å². The van der Waals surface area contributed by atoms with Gasteiger partial charge in [0, 0.05) is 19.5 Å². The maximum atomic E-state index is 12.7. The molecule has 0 aliphatic carbocycles. The van der Waals surface area contributed by atoms with Crippen molar-refractivity contribution >= 4 is 33.2 Å². The van der Waals surface area contributed by atoms with Crippen molar-refractivity contribution in [1.29, 1.82) is 0 Å². The Hall–Kier alpha value is -0.330. The van der Waals surface area contributed by atoms with Crippen molar-refractivity contribution in [2.45, 2.75) is 36.3 Å². The second kappa shape index (κ2) is 6.20. The molecular formula is C13H17Cl2NO3S. The molecule has 1 aliphatic rings. The zero-order valence-electron chi connectivity index (χ0n) is 11.3. The molecule has 1 heterocycles. The van der Waals surface area contributed by atoms with E-state index in [1.165, 1.54) is 10.4 Å². The van der Waals surface area contributed by atoms with Crippen molar-refractivity contribution in [3.8, 4) is 0 Å². The average molecular weight is 338 g/mol. The van der Waals surface area contributed by atoms with E-state index in [9.17, 15) is 8.42 Å². The number of benzene rings is 1. The fourth-order valence-corrected chi connectivity index (χ4v) is 4.49. The van der Waals surface area contributed by atoms with Gasteiger partial charge in [-0.3, -0.25) is 0 Å². The fourth-order valence-electron chi connectivity index (χ4n) is 2.36. The van der Waals surface area contributed by atoms with E-state index in [4.69, 9.17) is 27.9 Å². The number of rotatable bonds is 4. The van der Waals surface area contributed by atoms with E-state index in [2.05, 4.69) is 0 Å². The van der Waals surface area contributed by atoms with Gasteiger partial charge in [0.1, 0.15) is 4.90 Å². The zero-order chi connectivity index (χ0) is 14.9. The topological polar surface area (TPSA) is 46.6 Å². The third-order valence-electron chi connectivity index (χ3n) is 3.61. The number of sulfonamides is 1. The number of hydrogen-bond donors (Lipinski definition) is 0. The van der Waals surface area contributed by atoms with Crippen LogP contribution in [-0.4, -0.2) is 38.5 Å². The molecule has 112 valence electrons. The fraction of sp³-hybridized carbons (Fsp3) is 0.538. The Morgan fingerprint density at radius 3 is 2.70 bits per heavy atom. The third-order valence-corrected chi connectivity index (χ3v) is 6.28. The summed E-state index contributed by atoms with van der Waals surface area (Å²) in [6.07, 6.45) is 0.564. The summed E-state index contributed by atoms with van der Waals surface area (Å²) in [7, 11) is -2.09. The molecule has 0 amide bonds. The van der Waals surface area contributed by atoms with Crippen molar-refractivity contribution in [2.75, 3.05) is 13.7 Å². The summed E-state index contributed by atoms with van der Waals surface area (Å²) < 4.78 is 32.2. The van der Waals surface area contributed by atoms with Crippen LogP contribution in [0.5, 0.6) is 0 Å². The lowest BCUT2D eigenvalue weighted by Gasteiger charge is -2.26. The maximum absolute atomic E-state index is 12.7. The summed E-state index contributed by atoms with van der Waals surface area (Å²) in [4.78, 5) is 0.0962. The van der Waals surface area contributed by atoms with Crippen molar-refractivity contribution in [3.05, 3.63) is 28.8 Å². The van der Waals surface area contributed by atoms with Gasteiger partial charge in [0.25, 0.3) is 0 Å². The van der Waals surface area contributed by atoms with E-state index >= 15 is 0 Å². The van der Waals surface area contributed by atoms with Crippen LogP contribution in [0.25, 0.3) is 0 Å². The Balaban J connectivity index is 2.39. The molecule has 0 N–H and O–H groups in total. The van der Waals surface area contributed by atoms with Crippen LogP contribution >= 0.6 is 23.2 Å². The Kier molecular flexibility index (Phi) is 4.97. The highest BCUT2D eigenvalue weighted by Crippen LogP contribution is 2.29. The number of hydrogen-bond acceptors (Lipinski definition) is 3. The van der Waals surface area contributed by atoms with Crippen molar-refractivity contribution in [3.63, 3.8) is 0 Å². The molecule has 2 rings (SSSR count). The second-order valence-corrected chi connectivity index (χ2v) is 7.49. The maximum Gasteiger partial charge on any atom is 0.244 e. The number of halogens is 2. The van der Waals surface area contributed by atoms with Crippen LogP contribution < -0.4 is 0 Å². The van der Waals surface area contributed by atoms with Crippen LogP contribution in [0, 0.1) is 0 Å². The zero-order valence-corrected chi connectivity index (χ0v) is 13.7. The highest BCUT2D eigenvalue weighted by Gasteiger charge is 2.36. The quantitative estimate of drug-likeness (QED) is 0.793. The van der Waals surface area contributed by atoms with E-state index in [1.54, 1.807) is 19.2 Å². The summed E-state index contributed by atoms with van der Waals surface area (Å²) >= 11 is 11.8. The molecule has 0 spiro atoms. The van der Waals surface area contributed by atoms with E-state index in [0.717, 1.165) is 5.56 Å². The summed E-state index contributed by atoms with van der Waals surface area (Å²) in [5.41, 5.74) is 0.721. The lowest BCUT2D eigenvalue weighted by molar-refractivity contribution is 0.102. The molecule has 1 aromatic carbocycles. The van der Waals surface area contributed by atoms with Crippen molar-refractivity contribution in [1.82, 2.24) is 4.31 Å². The minimum atomic E-state index is -3.66. The smallest absolute Gasteiger partial charge is 0.244 e. The number of ether oxygens (including phenoxy) is 1. The van der Waals surface area contributed by atoms with Gasteiger partial charge >= 0.3 is 0 Å². The van der Waals surface area contributed by atoms with Gasteiger partial charge in [-0.15, -0.1) is 11.6 Å². The first kappa shape index (κ1) is 16.0. The van der Waals surface area contributed by atoms with Gasteiger partial charge in [-0.1, -0.05) is 17.7 Å². The van der Waals surface area contributed by atoms with Gasteiger partial charge in [0.15, 0.2) is 0 Å². The molecule has 7 heteroatoms. The van der Waals surface area contributed by atoms with E-state index in [1.807, 2.05) is 6.92 Å². The average Bonchev–Trinajstić information content (AvgIpc) is 2.84. The first-order chi connectivity index (χ1) is 9.37. The summed E-state index contributed by atoms with van der Waals surface area (Å²) in [6.45, 7) is 2.45. The Morgan fingerprint density at radius 2 is 2.15 bits per heavy atom. The molecule has 0 bridgehead atoms. The molecular weight excluding hydrogens is 321 g/mol. The number of alkyl halides is 1. The van der Waals surface area contributed by atoms with Crippen LogP contribution in [0.2, 0.25) is 5.02 Å². The van der Waals surface area contributed by atoms with E-state index < -0.39 is 10.0 Å². The molecule has 1 fully saturated rings. The van der Waals surface area contributed by atoms with Crippen LogP contribution in [-0.2, 0) is 20.6 Å². The van der Waals surface area contributed by atoms with E-state index in [-0.39, 0.29) is 27.9 Å². The predicted molar refractivity (Wildman–Crippen MR) is 79.8 cm³/mol. The molecule has 0 radical (unpaired) electrons. The largest absolute Gasteiger partial charge is 0.377 e. The SMILES string of the molecule is CC1OCCC1N(C)S(=O)(=O)c1cc(CCl)ccc1Cl. The summed E-state index contributed by atoms with van der Waals surface area (Å²) in [5, 5.41) is 0.206. The lowest BCUT2D eigenvalue weighted by atomic mass is 10.2. The van der Waals surface area contributed by atoms with Gasteiger partial charge in [-0.25, -0.2) is 8.42 Å². The molecule has 1 aromatic rings. The summed E-state index contributed by atoms with van der Waals surface area (Å²) in [6, 6.07) is 4.64. The number of nitrogens with zero attached hydrogens (tertiary/aromatic N) is 1. The normalized spacial score (nSPS) is 23.4. The summed E-state index contributed by atoms with van der Waals surface area (Å²) in [5.74, 6) is 0.242. The second-order valence-electron chi connectivity index (χ2n) is 4.85. The Morgan fingerprint density at radius 1 is 1.45 bits per heavy atom. The van der Waals surface area contributed by atoms with Crippen molar-refractivity contribution in [2.24, 2.45) is 0 Å². The van der Waals surface area contributed by atoms with Crippen LogP contribution in [0.1, 0.15) is 18.9 Å². The lowest BCUT2D eigenvalue weighted by Crippen LogP contribution is -2.41. The molecule has 0 aromatic heterocycles. The first-order valence-corrected chi connectivity index (χ1v) is 8.67. The van der Waals surface area contributed by atoms with E-state index in [0.29, 0.717) is 13.0 Å². The van der Waals surface area contributed by atoms with Crippen LogP contribution in [0.15, 0.2) is 23.1 Å². The molecule has 2 unspecified atom stereocenters. The molecule has 4 nitrogen and oxygen atoms in total. The Bertz CT molecular complexity index is 591. The molecule has 2 atom stereocenters. The van der Waals surface area contributed by atoms with Gasteiger partial charge in [0.2, 0.25) is 10.0 Å². The monoisotopic (exact) mass is 337 g/mol. The van der Waals surface area contributed by atoms with Gasteiger partial charge in [-0.2, -0.15) is 4.31 Å². The molecule has 1 saturated heterocycles. The third kappa shape index (κ3) is 2.97. The predicted octanol–water partition coefficient (Wildman–Crippen LogP) is 2.88. The number of likely N-dealkylation sites (N-methyl/N-ethyl adjacent to an activating group) is 1. The van der Waals surface area contributed by atoms with Crippen LogP contribution in [0.4, 0.5) is 0 Å². The molecule has 0 saturated carbocycles. The molecule has 20 heavy (non-hydrogen) atoms. The minimum Gasteiger partial charge on any atom is -0.377 e. The highest BCUT2D eigenvalue weighted by molar-refractivity contribution is 7.89. The van der Waals surface area contributed by atoms with Crippen LogP contribution in [0.3, 0.4) is 0 Å². The van der Waals surface area contributed by atoms with Crippen molar-refractivity contribution < 1.29 is 13.2 Å². The van der Waals surface area contributed by atoms with Gasteiger partial charge in [-0.05, 0) is 31.0 Å². The first-order valence-electron chi connectivity index (χ1n) is 6.32. The van der Waals surface area contributed by atoms with Gasteiger partial charge < -0.3 is 4.74 Å².